The fourth-order valence-corrected chi connectivity index (χ4v) is 8.12. The van der Waals surface area contributed by atoms with E-state index in [0.717, 1.165) is 71.9 Å². The van der Waals surface area contributed by atoms with Crippen molar-refractivity contribution in [3.8, 4) is 62.2 Å². The average Bonchev–Trinajstić information content (AvgIpc) is 3.65. The molecule has 5 heteroatoms. The van der Waals surface area contributed by atoms with Crippen LogP contribution in [0, 0.1) is 0 Å². The van der Waals surface area contributed by atoms with Crippen LogP contribution in [0.4, 0.5) is 0 Å². The van der Waals surface area contributed by atoms with Crippen LogP contribution in [0.2, 0.25) is 0 Å². The lowest BCUT2D eigenvalue weighted by Crippen LogP contribution is -2.01. The van der Waals surface area contributed by atoms with Gasteiger partial charge >= 0.3 is 0 Å². The molecule has 0 aliphatic carbocycles. The molecule has 0 fully saturated rings. The molecule has 3 heterocycles. The summed E-state index contributed by atoms with van der Waals surface area (Å²) in [7, 11) is 0. The lowest BCUT2D eigenvalue weighted by atomic mass is 9.99. The van der Waals surface area contributed by atoms with E-state index in [4.69, 9.17) is 19.9 Å². The van der Waals surface area contributed by atoms with E-state index in [1.165, 1.54) is 16.3 Å². The first-order chi connectivity index (χ1) is 28.3. The predicted octanol–water partition coefficient (Wildman–Crippen LogP) is 13.0. The van der Waals surface area contributed by atoms with Gasteiger partial charge in [-0.25, -0.2) is 19.9 Å². The normalized spacial score (nSPS) is 11.5. The molecule has 0 atom stereocenters. The number of fused-ring (bicyclic) bond motifs is 7. The molecule has 57 heavy (non-hydrogen) atoms. The van der Waals surface area contributed by atoms with Crippen molar-refractivity contribution in [2.24, 2.45) is 0 Å². The summed E-state index contributed by atoms with van der Waals surface area (Å²) in [5.41, 5.74) is 11.4. The van der Waals surface area contributed by atoms with Crippen molar-refractivity contribution in [1.82, 2.24) is 24.5 Å². The van der Waals surface area contributed by atoms with E-state index in [1.807, 2.05) is 36.4 Å². The standard InChI is InChI=1S/C52H33N5/c1-4-14-34(15-5-1)35-24-26-39(27-25-35)51-54-50(38-19-8-3-9-20-38)55-52(56-51)40-28-31-41(32-29-40)57-45-23-13-12-22-43(45)47-48(37-17-6-2-7-18-37)53-44-33-30-36-16-10-11-21-42(36)46(44)49(47)57/h1-33H. The zero-order chi connectivity index (χ0) is 37.7. The maximum atomic E-state index is 5.39. The number of hydrogen-bond donors (Lipinski definition) is 0. The van der Waals surface area contributed by atoms with E-state index in [0.29, 0.717) is 17.5 Å². The van der Waals surface area contributed by atoms with Gasteiger partial charge in [0.2, 0.25) is 0 Å². The second-order valence-electron chi connectivity index (χ2n) is 14.2. The molecule has 5 nitrogen and oxygen atoms in total. The fourth-order valence-electron chi connectivity index (χ4n) is 8.12. The van der Waals surface area contributed by atoms with Crippen molar-refractivity contribution in [2.75, 3.05) is 0 Å². The summed E-state index contributed by atoms with van der Waals surface area (Å²) < 4.78 is 2.40. The largest absolute Gasteiger partial charge is 0.308 e. The van der Waals surface area contributed by atoms with Crippen molar-refractivity contribution in [3.63, 3.8) is 0 Å². The molecule has 0 bridgehead atoms. The zero-order valence-corrected chi connectivity index (χ0v) is 30.8. The van der Waals surface area contributed by atoms with Crippen LogP contribution < -0.4 is 0 Å². The van der Waals surface area contributed by atoms with E-state index < -0.39 is 0 Å². The van der Waals surface area contributed by atoms with Gasteiger partial charge in [-0.05, 0) is 58.3 Å². The Balaban J connectivity index is 1.10. The number of rotatable bonds is 6. The van der Waals surface area contributed by atoms with Gasteiger partial charge in [-0.2, -0.15) is 0 Å². The van der Waals surface area contributed by atoms with Gasteiger partial charge in [-0.3, -0.25) is 0 Å². The minimum Gasteiger partial charge on any atom is -0.308 e. The number of benzene rings is 8. The minimum absolute atomic E-state index is 0.617. The Kier molecular flexibility index (Phi) is 7.74. The van der Waals surface area contributed by atoms with Crippen molar-refractivity contribution >= 4 is 43.5 Å². The molecule has 0 N–H and O–H groups in total. The summed E-state index contributed by atoms with van der Waals surface area (Å²) in [4.78, 5) is 20.5. The number of nitrogens with zero attached hydrogens (tertiary/aromatic N) is 5. The Morgan fingerprint density at radius 1 is 0.316 bits per heavy atom. The van der Waals surface area contributed by atoms with Crippen molar-refractivity contribution in [1.29, 1.82) is 0 Å². The van der Waals surface area contributed by atoms with Gasteiger partial charge in [0.15, 0.2) is 17.5 Å². The topological polar surface area (TPSA) is 56.5 Å². The zero-order valence-electron chi connectivity index (χ0n) is 30.8. The predicted molar refractivity (Wildman–Crippen MR) is 234 cm³/mol. The first-order valence-corrected chi connectivity index (χ1v) is 19.1. The summed E-state index contributed by atoms with van der Waals surface area (Å²) in [5, 5.41) is 5.79. The summed E-state index contributed by atoms with van der Waals surface area (Å²) in [6.45, 7) is 0. The highest BCUT2D eigenvalue weighted by atomic mass is 15.0. The van der Waals surface area contributed by atoms with Crippen LogP contribution in [0.1, 0.15) is 0 Å². The molecule has 0 aliphatic rings. The highest BCUT2D eigenvalue weighted by molar-refractivity contribution is 6.27. The smallest absolute Gasteiger partial charge is 0.164 e. The number of pyridine rings is 1. The van der Waals surface area contributed by atoms with Gasteiger partial charge < -0.3 is 4.57 Å². The van der Waals surface area contributed by atoms with E-state index >= 15 is 0 Å². The highest BCUT2D eigenvalue weighted by Gasteiger charge is 2.22. The molecular formula is C52H33N5. The molecule has 0 saturated carbocycles. The van der Waals surface area contributed by atoms with E-state index in [1.54, 1.807) is 0 Å². The Morgan fingerprint density at radius 3 is 1.44 bits per heavy atom. The van der Waals surface area contributed by atoms with Gasteiger partial charge in [0.1, 0.15) is 0 Å². The number of aromatic nitrogens is 5. The van der Waals surface area contributed by atoms with E-state index in [9.17, 15) is 0 Å². The molecule has 0 aliphatic heterocycles. The highest BCUT2D eigenvalue weighted by Crippen LogP contribution is 2.43. The van der Waals surface area contributed by atoms with Gasteiger partial charge in [-0.1, -0.05) is 164 Å². The third-order valence-electron chi connectivity index (χ3n) is 10.8. The Hall–Kier alpha value is -7.76. The van der Waals surface area contributed by atoms with Crippen LogP contribution in [0.25, 0.3) is 106 Å². The summed E-state index contributed by atoms with van der Waals surface area (Å²) in [6.07, 6.45) is 0. The van der Waals surface area contributed by atoms with Gasteiger partial charge in [-0.15, -0.1) is 0 Å². The van der Waals surface area contributed by atoms with Gasteiger partial charge in [0.05, 0.1) is 22.2 Å². The van der Waals surface area contributed by atoms with Gasteiger partial charge in [0.25, 0.3) is 0 Å². The van der Waals surface area contributed by atoms with Crippen molar-refractivity contribution < 1.29 is 0 Å². The molecule has 8 aromatic carbocycles. The van der Waals surface area contributed by atoms with Crippen LogP contribution in [0.15, 0.2) is 200 Å². The molecule has 266 valence electrons. The minimum atomic E-state index is 0.617. The van der Waals surface area contributed by atoms with Crippen molar-refractivity contribution in [3.05, 3.63) is 200 Å². The van der Waals surface area contributed by atoms with Gasteiger partial charge in [0, 0.05) is 44.1 Å². The first kappa shape index (κ1) is 32.7. The molecule has 0 unspecified atom stereocenters. The maximum absolute atomic E-state index is 5.39. The summed E-state index contributed by atoms with van der Waals surface area (Å²) >= 11 is 0. The van der Waals surface area contributed by atoms with Crippen LogP contribution in [0.5, 0.6) is 0 Å². The Morgan fingerprint density at radius 2 is 0.789 bits per heavy atom. The maximum Gasteiger partial charge on any atom is 0.164 e. The average molecular weight is 728 g/mol. The van der Waals surface area contributed by atoms with Crippen molar-refractivity contribution in [2.45, 2.75) is 0 Å². The monoisotopic (exact) mass is 727 g/mol. The molecule has 0 amide bonds. The molecule has 11 rings (SSSR count). The second-order valence-corrected chi connectivity index (χ2v) is 14.2. The first-order valence-electron chi connectivity index (χ1n) is 19.1. The van der Waals surface area contributed by atoms with Crippen LogP contribution in [0.3, 0.4) is 0 Å². The summed E-state index contributed by atoms with van der Waals surface area (Å²) in [5.74, 6) is 1.88. The van der Waals surface area contributed by atoms with Crippen LogP contribution in [-0.2, 0) is 0 Å². The lowest BCUT2D eigenvalue weighted by molar-refractivity contribution is 1.07. The molecule has 0 spiro atoms. The molecule has 3 aromatic heterocycles. The molecular weight excluding hydrogens is 695 g/mol. The molecule has 0 saturated heterocycles. The lowest BCUT2D eigenvalue weighted by Gasteiger charge is -2.14. The fraction of sp³-hybridized carbons (Fsp3) is 0. The Bertz CT molecular complexity index is 3250. The third kappa shape index (κ3) is 5.64. The SMILES string of the molecule is c1ccc(-c2ccc(-c3nc(-c4ccccc4)nc(-c4ccc(-n5c6ccccc6c6c(-c7ccccc7)nc7ccc8ccccc8c7c65)cc4)n3)cc2)cc1. The van der Waals surface area contributed by atoms with E-state index in [-0.39, 0.29) is 0 Å². The molecule has 0 radical (unpaired) electrons. The quantitative estimate of drug-likeness (QED) is 0.160. The second kappa shape index (κ2) is 13.5. The molecule has 11 aromatic rings. The van der Waals surface area contributed by atoms with E-state index in [2.05, 4.69) is 168 Å². The Labute approximate surface area is 329 Å². The third-order valence-corrected chi connectivity index (χ3v) is 10.8. The number of para-hydroxylation sites is 1. The van der Waals surface area contributed by atoms with Crippen LogP contribution in [-0.4, -0.2) is 24.5 Å². The van der Waals surface area contributed by atoms with Crippen LogP contribution >= 0.6 is 0 Å². The number of hydrogen-bond acceptors (Lipinski definition) is 4. The summed E-state index contributed by atoms with van der Waals surface area (Å²) in [6, 6.07) is 69.7.